The maximum atomic E-state index is 13.2. The summed E-state index contributed by atoms with van der Waals surface area (Å²) in [6.07, 6.45) is 0.873. The molecule has 0 saturated heterocycles. The largest absolute Gasteiger partial charge is 0.497 e. The number of hydrogen-bond acceptors (Lipinski definition) is 7. The van der Waals surface area contributed by atoms with Crippen molar-refractivity contribution in [1.82, 2.24) is 9.71 Å². The Bertz CT molecular complexity index is 1360. The van der Waals surface area contributed by atoms with Crippen molar-refractivity contribution in [2.45, 2.75) is 49.8 Å². The van der Waals surface area contributed by atoms with E-state index in [0.29, 0.717) is 11.4 Å². The van der Waals surface area contributed by atoms with Gasteiger partial charge in [0.05, 0.1) is 23.6 Å². The van der Waals surface area contributed by atoms with Crippen molar-refractivity contribution in [1.29, 1.82) is 0 Å². The molecule has 9 nitrogen and oxygen atoms in total. The van der Waals surface area contributed by atoms with E-state index >= 15 is 0 Å². The van der Waals surface area contributed by atoms with Crippen molar-refractivity contribution in [2.75, 3.05) is 12.4 Å². The lowest BCUT2D eigenvalue weighted by atomic mass is 9.88. The summed E-state index contributed by atoms with van der Waals surface area (Å²) in [6, 6.07) is 13.7. The lowest BCUT2D eigenvalue weighted by molar-refractivity contribution is -0.0632. The number of sulfonamides is 1. The number of hydrogen-bond donors (Lipinski definition) is 3. The fourth-order valence-corrected chi connectivity index (χ4v) is 5.15. The van der Waals surface area contributed by atoms with Gasteiger partial charge in [-0.1, -0.05) is 19.1 Å². The van der Waals surface area contributed by atoms with Crippen molar-refractivity contribution in [2.24, 2.45) is 0 Å². The summed E-state index contributed by atoms with van der Waals surface area (Å²) in [7, 11) is -2.45. The molecule has 2 heterocycles. The number of aliphatic hydroxyl groups is 1. The molecular formula is C26H31N3O6S. The number of methoxy groups -OCH3 is 1. The molecule has 0 spiro atoms. The van der Waals surface area contributed by atoms with Crippen LogP contribution in [0.1, 0.15) is 49.7 Å². The van der Waals surface area contributed by atoms with Crippen molar-refractivity contribution in [3.8, 4) is 11.6 Å². The van der Waals surface area contributed by atoms with Gasteiger partial charge in [0.1, 0.15) is 17.5 Å². The third-order valence-corrected chi connectivity index (χ3v) is 7.59. The maximum absolute atomic E-state index is 13.2. The van der Waals surface area contributed by atoms with Crippen LogP contribution in [0.3, 0.4) is 0 Å². The molecular weight excluding hydrogens is 482 g/mol. The number of nitrogens with one attached hydrogen (secondary N) is 2. The smallest absolute Gasteiger partial charge is 0.257 e. The van der Waals surface area contributed by atoms with E-state index in [0.717, 1.165) is 12.0 Å². The number of amides is 1. The quantitative estimate of drug-likeness (QED) is 0.440. The highest BCUT2D eigenvalue weighted by Crippen LogP contribution is 2.39. The van der Waals surface area contributed by atoms with Gasteiger partial charge < -0.3 is 19.9 Å². The van der Waals surface area contributed by atoms with E-state index in [4.69, 9.17) is 9.47 Å². The Labute approximate surface area is 212 Å². The molecule has 0 bridgehead atoms. The Balaban J connectivity index is 0.00000380. The second-order valence-corrected chi connectivity index (χ2v) is 10.8. The summed E-state index contributed by atoms with van der Waals surface area (Å²) in [4.78, 5) is 17.2. The molecule has 0 aliphatic carbocycles. The summed E-state index contributed by atoms with van der Waals surface area (Å²) in [5.41, 5.74) is 0.855. The molecule has 2 atom stereocenters. The van der Waals surface area contributed by atoms with Gasteiger partial charge in [-0.05, 0) is 68.3 Å². The Morgan fingerprint density at radius 3 is 2.44 bits per heavy atom. The minimum atomic E-state index is -4.00. The molecule has 4 rings (SSSR count). The van der Waals surface area contributed by atoms with Gasteiger partial charge >= 0.3 is 0 Å². The van der Waals surface area contributed by atoms with Gasteiger partial charge in [0, 0.05) is 18.9 Å². The highest BCUT2D eigenvalue weighted by Gasteiger charge is 2.45. The summed E-state index contributed by atoms with van der Waals surface area (Å²) >= 11 is 0. The lowest BCUT2D eigenvalue weighted by Crippen LogP contribution is -2.53. The van der Waals surface area contributed by atoms with Gasteiger partial charge in [0.15, 0.2) is 0 Å². The van der Waals surface area contributed by atoms with Gasteiger partial charge in [-0.15, -0.1) is 0 Å². The first-order valence-corrected chi connectivity index (χ1v) is 13.0. The van der Waals surface area contributed by atoms with Crippen LogP contribution in [-0.4, -0.2) is 43.2 Å². The van der Waals surface area contributed by atoms with Crippen molar-refractivity contribution in [3.05, 3.63) is 77.5 Å². The maximum Gasteiger partial charge on any atom is 0.257 e. The van der Waals surface area contributed by atoms with Crippen LogP contribution in [-0.2, 0) is 16.4 Å². The van der Waals surface area contributed by atoms with Crippen LogP contribution in [0.4, 0.5) is 5.69 Å². The van der Waals surface area contributed by atoms with Gasteiger partial charge in [-0.25, -0.2) is 18.1 Å². The number of fused-ring (bicyclic) bond motifs is 1. The number of rotatable bonds is 7. The average Bonchev–Trinajstić information content (AvgIpc) is 2.87. The second-order valence-electron chi connectivity index (χ2n) is 9.05. The lowest BCUT2D eigenvalue weighted by Gasteiger charge is -2.41. The molecule has 1 aliphatic rings. The van der Waals surface area contributed by atoms with Crippen LogP contribution in [0.15, 0.2) is 65.7 Å². The third-order valence-electron chi connectivity index (χ3n) is 6.14. The first kappa shape index (κ1) is 25.6. The standard InChI is InChI=1S/C26H29N3O6S.H2/c1-5-16-6-12-20(13-7-16)36(32,33)29-22-21-14-17(15-27-25(21)35-26(2,3)23(22)30)24(31)28-18-8-10-19(34-4)11-9-18;/h6-15,22-23,29-30H,5H2,1-4H3,(H,28,31);1H/t22-,23+;/m1./s1. The highest BCUT2D eigenvalue weighted by molar-refractivity contribution is 7.89. The predicted octanol–water partition coefficient (Wildman–Crippen LogP) is 3.70. The molecule has 192 valence electrons. The molecule has 0 saturated carbocycles. The van der Waals surface area contributed by atoms with Crippen molar-refractivity contribution in [3.63, 3.8) is 0 Å². The minimum Gasteiger partial charge on any atom is -0.497 e. The van der Waals surface area contributed by atoms with E-state index < -0.39 is 33.7 Å². The van der Waals surface area contributed by atoms with E-state index in [2.05, 4.69) is 15.0 Å². The molecule has 0 unspecified atom stereocenters. The number of pyridine rings is 1. The Kier molecular flexibility index (Phi) is 7.03. The van der Waals surface area contributed by atoms with Gasteiger partial charge in [-0.2, -0.15) is 0 Å². The van der Waals surface area contributed by atoms with Crippen molar-refractivity contribution >= 4 is 21.6 Å². The number of carbonyl (C=O) groups excluding carboxylic acids is 1. The first-order valence-electron chi connectivity index (χ1n) is 11.5. The summed E-state index contributed by atoms with van der Waals surface area (Å²) in [5.74, 6) is 0.337. The SMILES string of the molecule is CCc1ccc(S(=O)(=O)N[C@@H]2c3cc(C(=O)Nc4ccc(OC)cc4)cnc3OC(C)(C)[C@H]2O)cc1.[HH]. The van der Waals surface area contributed by atoms with Crippen LogP contribution < -0.4 is 19.5 Å². The van der Waals surface area contributed by atoms with Gasteiger partial charge in [0.25, 0.3) is 5.91 Å². The first-order chi connectivity index (χ1) is 17.0. The summed E-state index contributed by atoms with van der Waals surface area (Å²) < 4.78 is 40.0. The van der Waals surface area contributed by atoms with E-state index in [9.17, 15) is 18.3 Å². The number of aliphatic hydroxyl groups excluding tert-OH is 1. The Morgan fingerprint density at radius 2 is 1.83 bits per heavy atom. The molecule has 1 amide bonds. The number of nitrogens with zero attached hydrogens (tertiary/aromatic N) is 1. The van der Waals surface area contributed by atoms with E-state index in [-0.39, 0.29) is 23.3 Å². The Hall–Kier alpha value is -3.47. The predicted molar refractivity (Wildman–Crippen MR) is 137 cm³/mol. The topological polar surface area (TPSA) is 127 Å². The van der Waals surface area contributed by atoms with E-state index in [1.165, 1.54) is 24.4 Å². The number of carbonyl (C=O) groups is 1. The molecule has 1 aliphatic heterocycles. The molecule has 10 heteroatoms. The number of aryl methyl sites for hydroxylation is 1. The summed E-state index contributed by atoms with van der Waals surface area (Å²) in [5, 5.41) is 13.8. The fraction of sp³-hybridized carbons (Fsp3) is 0.308. The monoisotopic (exact) mass is 513 g/mol. The van der Waals surface area contributed by atoms with E-state index in [1.54, 1.807) is 57.4 Å². The molecule has 2 aromatic carbocycles. The van der Waals surface area contributed by atoms with Crippen LogP contribution in [0.25, 0.3) is 0 Å². The number of anilines is 1. The zero-order valence-corrected chi connectivity index (χ0v) is 21.3. The second kappa shape index (κ2) is 9.88. The van der Waals surface area contributed by atoms with Crippen molar-refractivity contribution < 1.29 is 29.2 Å². The number of benzene rings is 2. The molecule has 36 heavy (non-hydrogen) atoms. The molecule has 3 N–H and O–H groups in total. The minimum absolute atomic E-state index is 0. The van der Waals surface area contributed by atoms with Gasteiger partial charge in [0.2, 0.25) is 15.9 Å². The molecule has 1 aromatic heterocycles. The molecule has 3 aromatic rings. The average molecular weight is 514 g/mol. The third kappa shape index (κ3) is 5.20. The van der Waals surface area contributed by atoms with Crippen LogP contribution in [0.5, 0.6) is 11.6 Å². The zero-order valence-electron chi connectivity index (χ0n) is 20.5. The highest BCUT2D eigenvalue weighted by atomic mass is 32.2. The summed E-state index contributed by atoms with van der Waals surface area (Å²) in [6.45, 7) is 5.27. The zero-order chi connectivity index (χ0) is 26.1. The van der Waals surface area contributed by atoms with Crippen LogP contribution in [0, 0.1) is 0 Å². The normalized spacial score (nSPS) is 18.6. The fourth-order valence-electron chi connectivity index (χ4n) is 3.93. The van der Waals surface area contributed by atoms with E-state index in [1.807, 2.05) is 6.92 Å². The number of aromatic nitrogens is 1. The van der Waals surface area contributed by atoms with Crippen LogP contribution >= 0.6 is 0 Å². The van der Waals surface area contributed by atoms with Gasteiger partial charge in [-0.3, -0.25) is 4.79 Å². The van der Waals surface area contributed by atoms with Crippen LogP contribution in [0.2, 0.25) is 0 Å². The molecule has 0 fully saturated rings. The number of ether oxygens (including phenoxy) is 2. The Morgan fingerprint density at radius 1 is 1.17 bits per heavy atom. The molecule has 0 radical (unpaired) electrons.